The Balaban J connectivity index is 1.91. The average Bonchev–Trinajstić information content (AvgIpc) is 2.92. The molecule has 5 heteroatoms. The number of amides is 2. The quantitative estimate of drug-likeness (QED) is 0.847. The molecule has 2 N–H and O–H groups in total. The number of rotatable bonds is 4. The van der Waals surface area contributed by atoms with Crippen molar-refractivity contribution in [2.75, 3.05) is 0 Å². The molecule has 0 unspecified atom stereocenters. The third-order valence-electron chi connectivity index (χ3n) is 3.98. The molecule has 3 rings (SSSR count). The number of nitrogens with zero attached hydrogens (tertiary/aromatic N) is 1. The fourth-order valence-corrected chi connectivity index (χ4v) is 2.89. The van der Waals surface area contributed by atoms with E-state index in [1.54, 1.807) is 28.9 Å². The first kappa shape index (κ1) is 15.9. The van der Waals surface area contributed by atoms with Crippen LogP contribution in [-0.4, -0.2) is 28.8 Å². The van der Waals surface area contributed by atoms with Gasteiger partial charge in [0.25, 0.3) is 5.91 Å². The summed E-state index contributed by atoms with van der Waals surface area (Å²) in [6, 6.07) is 17.7. The molecule has 0 bridgehead atoms. The van der Waals surface area contributed by atoms with Gasteiger partial charge < -0.3 is 5.32 Å². The number of hydrogen-bond acceptors (Lipinski definition) is 2. The summed E-state index contributed by atoms with van der Waals surface area (Å²) in [7, 11) is 0. The summed E-state index contributed by atoms with van der Waals surface area (Å²) in [5, 5.41) is 2.87. The van der Waals surface area contributed by atoms with Crippen molar-refractivity contribution in [3.63, 3.8) is 0 Å². The van der Waals surface area contributed by atoms with Crippen LogP contribution in [0.4, 0.5) is 0 Å². The summed E-state index contributed by atoms with van der Waals surface area (Å²) >= 11 is 0. The summed E-state index contributed by atoms with van der Waals surface area (Å²) in [4.78, 5) is 24.9. The molecule has 5 nitrogen and oxygen atoms in total. The number of carbonyl (C=O) groups is 2. The lowest BCUT2D eigenvalue weighted by Gasteiger charge is -2.14. The lowest BCUT2D eigenvalue weighted by molar-refractivity contribution is -0.597. The Kier molecular flexibility index (Phi) is 4.70. The minimum absolute atomic E-state index is 0.210. The second kappa shape index (κ2) is 7.08. The first-order valence-corrected chi connectivity index (χ1v) is 8.03. The molecule has 0 aromatic heterocycles. The molecular weight excluding hydrogens is 302 g/mol. The van der Waals surface area contributed by atoms with Crippen LogP contribution in [0.5, 0.6) is 0 Å². The topological polar surface area (TPSA) is 61.2 Å². The molecule has 1 fully saturated rings. The first-order chi connectivity index (χ1) is 11.7. The van der Waals surface area contributed by atoms with Crippen LogP contribution in [-0.2, 0) is 4.79 Å². The van der Waals surface area contributed by atoms with Gasteiger partial charge in [-0.1, -0.05) is 55.5 Å². The second-order valence-electron chi connectivity index (χ2n) is 5.65. The summed E-state index contributed by atoms with van der Waals surface area (Å²) in [5.74, 6) is -0.465. The van der Waals surface area contributed by atoms with Crippen LogP contribution in [0.2, 0.25) is 0 Å². The molecule has 1 aliphatic heterocycles. The summed E-state index contributed by atoms with van der Waals surface area (Å²) in [6.07, 6.45) is 2.70. The van der Waals surface area contributed by atoms with Crippen LogP contribution in [0.3, 0.4) is 0 Å². The predicted molar refractivity (Wildman–Crippen MR) is 91.6 cm³/mol. The highest BCUT2D eigenvalue weighted by molar-refractivity contribution is 5.98. The van der Waals surface area contributed by atoms with Gasteiger partial charge in [0.05, 0.1) is 0 Å². The Morgan fingerprint density at radius 1 is 1.12 bits per heavy atom. The number of benzene rings is 2. The van der Waals surface area contributed by atoms with Gasteiger partial charge in [0, 0.05) is 17.5 Å². The number of nitrogens with one attached hydrogen (secondary N) is 2. The Labute approximate surface area is 141 Å². The zero-order valence-corrected chi connectivity index (χ0v) is 13.5. The van der Waals surface area contributed by atoms with Gasteiger partial charge in [0.15, 0.2) is 12.3 Å². The monoisotopic (exact) mass is 322 g/mol. The molecule has 0 saturated carbocycles. The van der Waals surface area contributed by atoms with E-state index in [0.29, 0.717) is 5.56 Å². The molecule has 0 radical (unpaired) electrons. The van der Waals surface area contributed by atoms with Crippen LogP contribution in [0.1, 0.15) is 35.3 Å². The van der Waals surface area contributed by atoms with Crippen LogP contribution in [0.25, 0.3) is 0 Å². The standard InChI is InChI=1S/C19H19N3O2/c1-2-13-22-17(14-9-5-3-6-10-14)16(19(24)21-22)20-18(23)15-11-7-4-8-12-15/h3-13,16-17H,2H2,1H3,(H-,20,21,23,24)/p+1/b22-13-/t16-,17-/m1/s1. The molecule has 0 aliphatic carbocycles. The Hall–Kier alpha value is -2.95. The lowest BCUT2D eigenvalue weighted by atomic mass is 10.00. The van der Waals surface area contributed by atoms with E-state index in [0.717, 1.165) is 12.0 Å². The van der Waals surface area contributed by atoms with Crippen LogP contribution >= 0.6 is 0 Å². The molecule has 2 atom stereocenters. The minimum atomic E-state index is -0.650. The van der Waals surface area contributed by atoms with E-state index in [9.17, 15) is 9.59 Å². The fraction of sp³-hybridized carbons (Fsp3) is 0.211. The number of hydrogen-bond donors (Lipinski definition) is 2. The molecular formula is C19H20N3O2+. The second-order valence-corrected chi connectivity index (χ2v) is 5.65. The van der Waals surface area contributed by atoms with E-state index in [1.165, 1.54) is 0 Å². The van der Waals surface area contributed by atoms with Crippen molar-refractivity contribution in [3.8, 4) is 0 Å². The first-order valence-electron chi connectivity index (χ1n) is 8.03. The van der Waals surface area contributed by atoms with Crippen molar-refractivity contribution in [3.05, 3.63) is 71.8 Å². The molecule has 24 heavy (non-hydrogen) atoms. The predicted octanol–water partition coefficient (Wildman–Crippen LogP) is 2.06. The minimum Gasteiger partial charge on any atom is -0.334 e. The fourth-order valence-electron chi connectivity index (χ4n) is 2.89. The van der Waals surface area contributed by atoms with E-state index in [1.807, 2.05) is 49.5 Å². The zero-order chi connectivity index (χ0) is 16.9. The summed E-state index contributed by atoms with van der Waals surface area (Å²) in [6.45, 7) is 2.00. The van der Waals surface area contributed by atoms with Gasteiger partial charge in [-0.2, -0.15) is 0 Å². The number of hydrazone groups is 1. The Bertz CT molecular complexity index is 757. The van der Waals surface area contributed by atoms with Gasteiger partial charge in [-0.05, 0) is 12.1 Å². The molecule has 1 saturated heterocycles. The van der Waals surface area contributed by atoms with Gasteiger partial charge in [-0.25, -0.2) is 0 Å². The van der Waals surface area contributed by atoms with Crippen molar-refractivity contribution < 1.29 is 14.3 Å². The number of carbonyl (C=O) groups excluding carboxylic acids is 2. The highest BCUT2D eigenvalue weighted by atomic mass is 16.2. The largest absolute Gasteiger partial charge is 0.334 e. The zero-order valence-electron chi connectivity index (χ0n) is 13.5. The molecule has 2 amide bonds. The molecule has 2 aromatic rings. The molecule has 0 spiro atoms. The van der Waals surface area contributed by atoms with E-state index < -0.39 is 6.04 Å². The smallest absolute Gasteiger partial charge is 0.304 e. The van der Waals surface area contributed by atoms with Gasteiger partial charge in [0.2, 0.25) is 6.04 Å². The summed E-state index contributed by atoms with van der Waals surface area (Å²) < 4.78 is 1.79. The van der Waals surface area contributed by atoms with Gasteiger partial charge >= 0.3 is 5.91 Å². The molecule has 1 aliphatic rings. The van der Waals surface area contributed by atoms with Gasteiger partial charge in [-0.3, -0.25) is 9.59 Å². The molecule has 1 heterocycles. The van der Waals surface area contributed by atoms with Crippen LogP contribution in [0.15, 0.2) is 60.7 Å². The maximum absolute atomic E-state index is 12.5. The van der Waals surface area contributed by atoms with Gasteiger partial charge in [0.1, 0.15) is 0 Å². The summed E-state index contributed by atoms with van der Waals surface area (Å²) in [5.41, 5.74) is 4.34. The maximum atomic E-state index is 12.5. The van der Waals surface area contributed by atoms with Crippen molar-refractivity contribution in [2.24, 2.45) is 0 Å². The Morgan fingerprint density at radius 2 is 1.75 bits per heavy atom. The van der Waals surface area contributed by atoms with E-state index in [4.69, 9.17) is 0 Å². The third-order valence-corrected chi connectivity index (χ3v) is 3.98. The Morgan fingerprint density at radius 3 is 2.38 bits per heavy atom. The molecule has 122 valence electrons. The van der Waals surface area contributed by atoms with Crippen LogP contribution in [0, 0.1) is 0 Å². The van der Waals surface area contributed by atoms with Crippen molar-refractivity contribution in [2.45, 2.75) is 25.4 Å². The number of hydrazine groups is 1. The normalized spacial score (nSPS) is 21.5. The molecule has 2 aromatic carbocycles. The van der Waals surface area contributed by atoms with Gasteiger partial charge in [-0.15, -0.1) is 10.1 Å². The van der Waals surface area contributed by atoms with E-state index >= 15 is 0 Å². The van der Waals surface area contributed by atoms with E-state index in [2.05, 4.69) is 10.7 Å². The highest BCUT2D eigenvalue weighted by Gasteiger charge is 2.47. The van der Waals surface area contributed by atoms with Crippen molar-refractivity contribution in [1.29, 1.82) is 0 Å². The highest BCUT2D eigenvalue weighted by Crippen LogP contribution is 2.25. The van der Waals surface area contributed by atoms with Crippen molar-refractivity contribution >= 4 is 18.0 Å². The average molecular weight is 322 g/mol. The third kappa shape index (κ3) is 3.20. The maximum Gasteiger partial charge on any atom is 0.304 e. The SMILES string of the molecule is CC/C=[N+]1\NC(=O)[C@H](NC(=O)c2ccccc2)[C@H]1c1ccccc1. The lowest BCUT2D eigenvalue weighted by Crippen LogP contribution is -2.42. The van der Waals surface area contributed by atoms with E-state index in [-0.39, 0.29) is 17.9 Å². The van der Waals surface area contributed by atoms with Crippen LogP contribution < -0.4 is 10.7 Å². The van der Waals surface area contributed by atoms with Crippen molar-refractivity contribution in [1.82, 2.24) is 10.7 Å².